The van der Waals surface area contributed by atoms with Crippen molar-refractivity contribution in [2.24, 2.45) is 0 Å². The van der Waals surface area contributed by atoms with Gasteiger partial charge < -0.3 is 9.72 Å². The molecule has 0 spiro atoms. The number of aryl methyl sites for hydroxylation is 2. The van der Waals surface area contributed by atoms with Gasteiger partial charge in [0.2, 0.25) is 0 Å². The van der Waals surface area contributed by atoms with Crippen LogP contribution in [0.2, 0.25) is 0 Å². The highest BCUT2D eigenvalue weighted by Crippen LogP contribution is 2.30. The number of rotatable bonds is 3. The fourth-order valence-electron chi connectivity index (χ4n) is 1.89. The molecule has 1 heterocycles. The van der Waals surface area contributed by atoms with Gasteiger partial charge >= 0.3 is 5.97 Å². The predicted octanol–water partition coefficient (Wildman–Crippen LogP) is 3.34. The van der Waals surface area contributed by atoms with Gasteiger partial charge in [0.05, 0.1) is 7.11 Å². The molecule has 1 aromatic carbocycles. The summed E-state index contributed by atoms with van der Waals surface area (Å²) in [5, 5.41) is 1.16. The minimum absolute atomic E-state index is 0.178. The summed E-state index contributed by atoms with van der Waals surface area (Å²) in [5.74, 6) is -0.178. The second-order valence-electron chi connectivity index (χ2n) is 4.01. The van der Waals surface area contributed by atoms with Crippen molar-refractivity contribution < 1.29 is 9.53 Å². The molecule has 1 N–H and O–H groups in total. The molecule has 2 rings (SSSR count). The molecule has 0 aliphatic heterocycles. The van der Waals surface area contributed by atoms with Crippen LogP contribution < -0.4 is 0 Å². The zero-order chi connectivity index (χ0) is 12.4. The van der Waals surface area contributed by atoms with E-state index in [4.69, 9.17) is 0 Å². The number of ether oxygens (including phenoxy) is 1. The lowest BCUT2D eigenvalue weighted by atomic mass is 10.1. The van der Waals surface area contributed by atoms with Crippen LogP contribution in [-0.4, -0.2) is 18.1 Å². The summed E-state index contributed by atoms with van der Waals surface area (Å²) in [6.07, 6.45) is 3.05. The quantitative estimate of drug-likeness (QED) is 0.883. The number of carbonyl (C=O) groups is 1. The Bertz CT molecular complexity index is 560. The van der Waals surface area contributed by atoms with Gasteiger partial charge in [-0.3, -0.25) is 4.79 Å². The maximum absolute atomic E-state index is 11.2. The van der Waals surface area contributed by atoms with Crippen LogP contribution in [0, 0.1) is 6.92 Å². The summed E-state index contributed by atoms with van der Waals surface area (Å²) < 4.78 is 5.75. The van der Waals surface area contributed by atoms with E-state index in [-0.39, 0.29) is 5.97 Å². The Labute approximate surface area is 108 Å². The number of benzene rings is 1. The molecule has 0 atom stereocenters. The molecule has 0 saturated heterocycles. The van der Waals surface area contributed by atoms with Crippen molar-refractivity contribution in [3.05, 3.63) is 33.9 Å². The van der Waals surface area contributed by atoms with E-state index in [1.165, 1.54) is 12.7 Å². The molecule has 17 heavy (non-hydrogen) atoms. The number of esters is 1. The number of fused-ring (bicyclic) bond motifs is 1. The molecule has 0 aliphatic carbocycles. The largest absolute Gasteiger partial charge is 0.469 e. The summed E-state index contributed by atoms with van der Waals surface area (Å²) in [6.45, 7) is 2.06. The monoisotopic (exact) mass is 295 g/mol. The number of aromatic amines is 1. The molecule has 0 radical (unpaired) electrons. The van der Waals surface area contributed by atoms with Gasteiger partial charge in [0, 0.05) is 28.0 Å². The summed E-state index contributed by atoms with van der Waals surface area (Å²) in [4.78, 5) is 14.4. The van der Waals surface area contributed by atoms with E-state index >= 15 is 0 Å². The van der Waals surface area contributed by atoms with E-state index in [1.807, 2.05) is 6.20 Å². The van der Waals surface area contributed by atoms with Gasteiger partial charge in [0.25, 0.3) is 0 Å². The second kappa shape index (κ2) is 4.92. The third-order valence-corrected chi connectivity index (χ3v) is 3.91. The molecule has 2 aromatic rings. The van der Waals surface area contributed by atoms with E-state index in [0.717, 1.165) is 20.9 Å². The zero-order valence-electron chi connectivity index (χ0n) is 9.84. The first kappa shape index (κ1) is 12.2. The molecule has 0 aliphatic rings. The molecular weight excluding hydrogens is 282 g/mol. The van der Waals surface area contributed by atoms with Crippen molar-refractivity contribution >= 4 is 32.8 Å². The molecular formula is C13H14BrNO2. The van der Waals surface area contributed by atoms with E-state index in [1.54, 1.807) is 0 Å². The summed E-state index contributed by atoms with van der Waals surface area (Å²) >= 11 is 3.60. The maximum atomic E-state index is 11.2. The summed E-state index contributed by atoms with van der Waals surface area (Å²) in [6, 6.07) is 4.12. The van der Waals surface area contributed by atoms with Crippen molar-refractivity contribution in [2.75, 3.05) is 7.11 Å². The van der Waals surface area contributed by atoms with E-state index < -0.39 is 0 Å². The van der Waals surface area contributed by atoms with Crippen molar-refractivity contribution in [2.45, 2.75) is 19.8 Å². The number of methoxy groups -OCH3 is 1. The second-order valence-corrected chi connectivity index (χ2v) is 4.80. The maximum Gasteiger partial charge on any atom is 0.305 e. The van der Waals surface area contributed by atoms with E-state index in [0.29, 0.717) is 12.8 Å². The van der Waals surface area contributed by atoms with Crippen LogP contribution in [0.5, 0.6) is 0 Å². The van der Waals surface area contributed by atoms with Crippen LogP contribution >= 0.6 is 15.9 Å². The van der Waals surface area contributed by atoms with Gasteiger partial charge in [0.1, 0.15) is 0 Å². The highest BCUT2D eigenvalue weighted by atomic mass is 79.9. The van der Waals surface area contributed by atoms with Gasteiger partial charge in [-0.2, -0.15) is 0 Å². The number of H-pyrrole nitrogens is 1. The molecule has 0 saturated carbocycles. The fourth-order valence-corrected chi connectivity index (χ4v) is 2.49. The average molecular weight is 296 g/mol. The summed E-state index contributed by atoms with van der Waals surface area (Å²) in [5.41, 5.74) is 3.42. The van der Waals surface area contributed by atoms with E-state index in [2.05, 4.69) is 44.7 Å². The number of aromatic nitrogens is 1. The number of nitrogens with one attached hydrogen (secondary N) is 1. The number of halogens is 1. The van der Waals surface area contributed by atoms with Crippen LogP contribution in [0.1, 0.15) is 17.5 Å². The summed E-state index contributed by atoms with van der Waals surface area (Å²) in [7, 11) is 1.41. The first-order chi connectivity index (χ1) is 8.13. The molecule has 0 fully saturated rings. The number of carbonyl (C=O) groups excluding carboxylic acids is 1. The molecule has 0 bridgehead atoms. The minimum atomic E-state index is -0.178. The van der Waals surface area contributed by atoms with Gasteiger partial charge in [0.15, 0.2) is 0 Å². The molecule has 0 amide bonds. The molecule has 1 aromatic heterocycles. The van der Waals surface area contributed by atoms with Crippen molar-refractivity contribution in [3.8, 4) is 0 Å². The van der Waals surface area contributed by atoms with Crippen LogP contribution in [0.3, 0.4) is 0 Å². The fraction of sp³-hybridized carbons (Fsp3) is 0.308. The van der Waals surface area contributed by atoms with Crippen LogP contribution in [-0.2, 0) is 16.0 Å². The van der Waals surface area contributed by atoms with Crippen molar-refractivity contribution in [1.82, 2.24) is 4.98 Å². The predicted molar refractivity (Wildman–Crippen MR) is 71.1 cm³/mol. The van der Waals surface area contributed by atoms with Crippen molar-refractivity contribution in [3.63, 3.8) is 0 Å². The molecule has 0 unspecified atom stereocenters. The van der Waals surface area contributed by atoms with E-state index in [9.17, 15) is 4.79 Å². The Morgan fingerprint density at radius 2 is 2.24 bits per heavy atom. The van der Waals surface area contributed by atoms with Crippen LogP contribution in [0.25, 0.3) is 10.9 Å². The van der Waals surface area contributed by atoms with Crippen LogP contribution in [0.15, 0.2) is 22.8 Å². The lowest BCUT2D eigenvalue weighted by molar-refractivity contribution is -0.140. The lowest BCUT2D eigenvalue weighted by Gasteiger charge is -2.03. The van der Waals surface area contributed by atoms with Gasteiger partial charge in [-0.05, 0) is 46.5 Å². The minimum Gasteiger partial charge on any atom is -0.469 e. The Kier molecular flexibility index (Phi) is 3.52. The Morgan fingerprint density at radius 1 is 1.47 bits per heavy atom. The molecule has 90 valence electrons. The first-order valence-corrected chi connectivity index (χ1v) is 6.24. The Morgan fingerprint density at radius 3 is 2.94 bits per heavy atom. The third-order valence-electron chi connectivity index (χ3n) is 2.88. The van der Waals surface area contributed by atoms with Crippen LogP contribution in [0.4, 0.5) is 0 Å². The smallest absolute Gasteiger partial charge is 0.305 e. The topological polar surface area (TPSA) is 42.1 Å². The zero-order valence-corrected chi connectivity index (χ0v) is 11.4. The normalized spacial score (nSPS) is 10.8. The third kappa shape index (κ3) is 2.36. The lowest BCUT2D eigenvalue weighted by Crippen LogP contribution is -2.01. The van der Waals surface area contributed by atoms with Gasteiger partial charge in [-0.1, -0.05) is 6.07 Å². The first-order valence-electron chi connectivity index (χ1n) is 5.45. The standard InChI is InChI=1S/C13H14BrNO2/c1-8-3-5-10-12(13(8)14)9(7-15-10)4-6-11(16)17-2/h3,5,7,15H,4,6H2,1-2H3. The Balaban J connectivity index is 2.35. The number of hydrogen-bond donors (Lipinski definition) is 1. The van der Waals surface area contributed by atoms with Gasteiger partial charge in [-0.15, -0.1) is 0 Å². The highest BCUT2D eigenvalue weighted by Gasteiger charge is 2.10. The average Bonchev–Trinajstić information content (AvgIpc) is 2.74. The highest BCUT2D eigenvalue weighted by molar-refractivity contribution is 9.10. The van der Waals surface area contributed by atoms with Crippen molar-refractivity contribution in [1.29, 1.82) is 0 Å². The van der Waals surface area contributed by atoms with Gasteiger partial charge in [-0.25, -0.2) is 0 Å². The molecule has 4 heteroatoms. The number of hydrogen-bond acceptors (Lipinski definition) is 2. The Hall–Kier alpha value is -1.29. The molecule has 3 nitrogen and oxygen atoms in total. The SMILES string of the molecule is COC(=O)CCc1c[nH]c2ccc(C)c(Br)c12.